The topological polar surface area (TPSA) is 162 Å². The molecule has 1 aromatic heterocycles. The van der Waals surface area contributed by atoms with Gasteiger partial charge in [0.15, 0.2) is 11.5 Å². The number of imide groups is 2. The van der Waals surface area contributed by atoms with Gasteiger partial charge in [0.1, 0.15) is 6.04 Å². The molecule has 44 heavy (non-hydrogen) atoms. The van der Waals surface area contributed by atoms with E-state index in [-0.39, 0.29) is 29.9 Å². The van der Waals surface area contributed by atoms with Crippen LogP contribution in [0.4, 0.5) is 11.5 Å². The van der Waals surface area contributed by atoms with E-state index in [1.165, 1.54) is 0 Å². The Kier molecular flexibility index (Phi) is 7.07. The number of anilines is 2. The van der Waals surface area contributed by atoms with Gasteiger partial charge in [-0.2, -0.15) is 0 Å². The molecular formula is C31H36N8O5. The number of fused-ring (bicyclic) bond motifs is 1. The van der Waals surface area contributed by atoms with Crippen LogP contribution in [0.15, 0.2) is 30.3 Å². The molecule has 0 radical (unpaired) electrons. The first-order valence-corrected chi connectivity index (χ1v) is 15.4. The van der Waals surface area contributed by atoms with E-state index in [1.807, 2.05) is 12.1 Å². The minimum Gasteiger partial charge on any atom is -0.370 e. The van der Waals surface area contributed by atoms with Gasteiger partial charge < -0.3 is 20.4 Å². The van der Waals surface area contributed by atoms with E-state index >= 15 is 0 Å². The van der Waals surface area contributed by atoms with Crippen molar-refractivity contribution in [2.75, 3.05) is 55.6 Å². The Morgan fingerprint density at radius 2 is 1.61 bits per heavy atom. The third-order valence-corrected chi connectivity index (χ3v) is 10.1. The van der Waals surface area contributed by atoms with Gasteiger partial charge in [0.25, 0.3) is 17.7 Å². The van der Waals surface area contributed by atoms with Gasteiger partial charge in [0.05, 0.1) is 11.1 Å². The fraction of sp³-hybridized carbons (Fsp3) is 0.516. The molecule has 5 aliphatic rings. The number of likely N-dealkylation sites (tertiary alicyclic amines) is 1. The fourth-order valence-electron chi connectivity index (χ4n) is 7.46. The van der Waals surface area contributed by atoms with Crippen LogP contribution in [-0.2, 0) is 9.59 Å². The van der Waals surface area contributed by atoms with E-state index in [1.54, 1.807) is 18.2 Å². The summed E-state index contributed by atoms with van der Waals surface area (Å²) in [5.74, 6) is -1.07. The molecule has 4 fully saturated rings. The van der Waals surface area contributed by atoms with Crippen LogP contribution in [0.2, 0.25) is 0 Å². The Balaban J connectivity index is 0.891. The monoisotopic (exact) mass is 600 g/mol. The number of piperidine rings is 3. The SMILES string of the molecule is NC(=O)c1ccc(N2CCC(CN3CCC4(CC3)CN(c3ccc5c(c3)C(=O)N(C3CCC(=O)NC3=O)C5=O)C4)CC2)nn1. The molecule has 1 spiro atoms. The Morgan fingerprint density at radius 1 is 0.886 bits per heavy atom. The van der Waals surface area contributed by atoms with Gasteiger partial charge in [0.2, 0.25) is 11.8 Å². The van der Waals surface area contributed by atoms with Crippen LogP contribution in [0.5, 0.6) is 0 Å². The van der Waals surface area contributed by atoms with E-state index in [2.05, 4.69) is 30.2 Å². The third kappa shape index (κ3) is 5.08. The molecule has 2 aromatic rings. The number of benzene rings is 1. The van der Waals surface area contributed by atoms with E-state index in [0.29, 0.717) is 17.0 Å². The molecule has 4 saturated heterocycles. The lowest BCUT2D eigenvalue weighted by Gasteiger charge is -2.55. The van der Waals surface area contributed by atoms with Gasteiger partial charge in [-0.05, 0) is 81.4 Å². The number of amides is 5. The van der Waals surface area contributed by atoms with E-state index in [4.69, 9.17) is 5.73 Å². The predicted molar refractivity (Wildman–Crippen MR) is 159 cm³/mol. The van der Waals surface area contributed by atoms with Crippen molar-refractivity contribution < 1.29 is 24.0 Å². The molecule has 0 saturated carbocycles. The van der Waals surface area contributed by atoms with E-state index in [9.17, 15) is 24.0 Å². The number of aromatic nitrogens is 2. The second-order valence-electron chi connectivity index (χ2n) is 12.9. The molecule has 230 valence electrons. The van der Waals surface area contributed by atoms with E-state index in [0.717, 1.165) is 87.9 Å². The highest BCUT2D eigenvalue weighted by atomic mass is 16.2. The Hall–Kier alpha value is -4.39. The van der Waals surface area contributed by atoms with Crippen LogP contribution in [0, 0.1) is 11.3 Å². The number of primary amides is 1. The van der Waals surface area contributed by atoms with Crippen molar-refractivity contribution >= 4 is 41.0 Å². The molecule has 1 atom stereocenters. The van der Waals surface area contributed by atoms with Crippen molar-refractivity contribution in [3.8, 4) is 0 Å². The lowest BCUT2D eigenvalue weighted by atomic mass is 9.71. The summed E-state index contributed by atoms with van der Waals surface area (Å²) in [5.41, 5.74) is 7.28. The molecular weight excluding hydrogens is 564 g/mol. The minimum atomic E-state index is -0.954. The number of hydrogen-bond acceptors (Lipinski definition) is 10. The maximum Gasteiger partial charge on any atom is 0.269 e. The normalized spacial score (nSPS) is 24.0. The number of carbonyl (C=O) groups is 5. The summed E-state index contributed by atoms with van der Waals surface area (Å²) in [6.07, 6.45) is 4.71. The van der Waals surface area contributed by atoms with Gasteiger partial charge in [-0.1, -0.05) is 0 Å². The summed E-state index contributed by atoms with van der Waals surface area (Å²) in [6.45, 7) is 6.94. The Bertz CT molecular complexity index is 1520. The lowest BCUT2D eigenvalue weighted by molar-refractivity contribution is -0.136. The number of nitrogens with zero attached hydrogens (tertiary/aromatic N) is 6. The molecule has 5 amide bonds. The molecule has 7 rings (SSSR count). The van der Waals surface area contributed by atoms with Gasteiger partial charge in [0, 0.05) is 50.2 Å². The standard InChI is InChI=1S/C31H36N8O5/c32-27(41)23-3-5-25(35-34-23)37-11-7-19(8-12-37)16-36-13-9-31(10-14-36)17-38(18-31)20-1-2-21-22(15-20)30(44)39(29(21)43)24-4-6-26(40)33-28(24)42/h1-3,5,15,19,24H,4,6-14,16-18H2,(H2,32,41)(H,33,40,42). The zero-order valence-electron chi connectivity index (χ0n) is 24.5. The number of hydrogen-bond donors (Lipinski definition) is 2. The molecule has 0 aliphatic carbocycles. The lowest BCUT2D eigenvalue weighted by Crippen LogP contribution is -2.60. The minimum absolute atomic E-state index is 0.104. The maximum absolute atomic E-state index is 13.2. The van der Waals surface area contributed by atoms with Gasteiger partial charge in [-0.3, -0.25) is 34.2 Å². The summed E-state index contributed by atoms with van der Waals surface area (Å²) >= 11 is 0. The van der Waals surface area contributed by atoms with Crippen LogP contribution >= 0.6 is 0 Å². The van der Waals surface area contributed by atoms with Gasteiger partial charge in [-0.25, -0.2) is 0 Å². The third-order valence-electron chi connectivity index (χ3n) is 10.1. The van der Waals surface area contributed by atoms with Crippen molar-refractivity contribution in [1.82, 2.24) is 25.3 Å². The first kappa shape index (κ1) is 28.4. The van der Waals surface area contributed by atoms with Crippen LogP contribution in [0.25, 0.3) is 0 Å². The molecule has 0 bridgehead atoms. The first-order chi connectivity index (χ1) is 21.2. The molecule has 3 N–H and O–H groups in total. The van der Waals surface area contributed by atoms with Gasteiger partial charge >= 0.3 is 0 Å². The van der Waals surface area contributed by atoms with E-state index < -0.39 is 29.7 Å². The van der Waals surface area contributed by atoms with Crippen LogP contribution in [0.3, 0.4) is 0 Å². The fourth-order valence-corrected chi connectivity index (χ4v) is 7.46. The van der Waals surface area contributed by atoms with Crippen molar-refractivity contribution in [3.05, 3.63) is 47.2 Å². The predicted octanol–water partition coefficient (Wildman–Crippen LogP) is 0.796. The zero-order chi connectivity index (χ0) is 30.6. The van der Waals surface area contributed by atoms with Crippen molar-refractivity contribution in [2.24, 2.45) is 17.1 Å². The molecule has 6 heterocycles. The summed E-state index contributed by atoms with van der Waals surface area (Å²) in [6, 6.07) is 7.86. The molecule has 13 heteroatoms. The molecule has 1 aromatic carbocycles. The van der Waals surface area contributed by atoms with Crippen LogP contribution < -0.4 is 20.9 Å². The van der Waals surface area contributed by atoms with Crippen LogP contribution in [0.1, 0.15) is 69.7 Å². The molecule has 5 aliphatic heterocycles. The highest BCUT2D eigenvalue weighted by molar-refractivity contribution is 6.23. The maximum atomic E-state index is 13.2. The largest absolute Gasteiger partial charge is 0.370 e. The van der Waals surface area contributed by atoms with Crippen LogP contribution in [-0.4, -0.2) is 101 Å². The quantitative estimate of drug-likeness (QED) is 0.454. The highest BCUT2D eigenvalue weighted by Crippen LogP contribution is 2.44. The Labute approximate surface area is 254 Å². The number of carbonyl (C=O) groups excluding carboxylic acids is 5. The first-order valence-electron chi connectivity index (χ1n) is 15.4. The number of nitrogens with two attached hydrogens (primary N) is 1. The summed E-state index contributed by atoms with van der Waals surface area (Å²) in [7, 11) is 0. The second-order valence-corrected chi connectivity index (χ2v) is 12.9. The van der Waals surface area contributed by atoms with Gasteiger partial charge in [-0.15, -0.1) is 10.2 Å². The molecule has 1 unspecified atom stereocenters. The summed E-state index contributed by atoms with van der Waals surface area (Å²) < 4.78 is 0. The second kappa shape index (κ2) is 11.0. The highest BCUT2D eigenvalue weighted by Gasteiger charge is 2.47. The molecule has 13 nitrogen and oxygen atoms in total. The zero-order valence-corrected chi connectivity index (χ0v) is 24.5. The van der Waals surface area contributed by atoms with Crippen molar-refractivity contribution in [1.29, 1.82) is 0 Å². The van der Waals surface area contributed by atoms with Crippen molar-refractivity contribution in [3.63, 3.8) is 0 Å². The number of nitrogens with one attached hydrogen (secondary N) is 1. The number of rotatable bonds is 6. The summed E-state index contributed by atoms with van der Waals surface area (Å²) in [5, 5.41) is 10.4. The average molecular weight is 601 g/mol. The van der Waals surface area contributed by atoms with Crippen molar-refractivity contribution in [2.45, 2.75) is 44.6 Å². The average Bonchev–Trinajstić information content (AvgIpc) is 3.25. The summed E-state index contributed by atoms with van der Waals surface area (Å²) in [4.78, 5) is 69.5. The Morgan fingerprint density at radius 3 is 2.27 bits per heavy atom. The smallest absolute Gasteiger partial charge is 0.269 e.